The quantitative estimate of drug-likeness (QED) is 0.843. The second kappa shape index (κ2) is 4.06. The molecule has 2 saturated heterocycles. The number of nitrogens with zero attached hydrogens (tertiary/aromatic N) is 3. The highest BCUT2D eigenvalue weighted by molar-refractivity contribution is 5.20. The predicted octanol–water partition coefficient (Wildman–Crippen LogP) is 2.08. The second-order valence-electron chi connectivity index (χ2n) is 7.33. The van der Waals surface area contributed by atoms with Gasteiger partial charge in [0.05, 0.1) is 17.3 Å². The molecule has 2 aliphatic rings. The molecule has 0 amide bonds. The first-order valence-electron chi connectivity index (χ1n) is 7.29. The van der Waals surface area contributed by atoms with E-state index in [4.69, 9.17) is 0 Å². The van der Waals surface area contributed by atoms with Crippen molar-refractivity contribution in [2.24, 2.45) is 0 Å². The summed E-state index contributed by atoms with van der Waals surface area (Å²) in [4.78, 5) is 2.45. The van der Waals surface area contributed by atoms with E-state index < -0.39 is 5.60 Å². The van der Waals surface area contributed by atoms with Crippen molar-refractivity contribution in [2.75, 3.05) is 7.05 Å². The van der Waals surface area contributed by atoms with E-state index in [-0.39, 0.29) is 5.54 Å². The monoisotopic (exact) mass is 263 g/mol. The molecular formula is C15H25N3O. The highest BCUT2D eigenvalue weighted by Gasteiger charge is 2.47. The van der Waals surface area contributed by atoms with Crippen molar-refractivity contribution < 1.29 is 5.11 Å². The van der Waals surface area contributed by atoms with E-state index in [2.05, 4.69) is 37.8 Å². The molecule has 1 N–H and O–H groups in total. The fourth-order valence-corrected chi connectivity index (χ4v) is 3.61. The maximum Gasteiger partial charge on any atom is 0.0956 e. The third-order valence-corrected chi connectivity index (χ3v) is 4.94. The molecule has 106 valence electrons. The van der Waals surface area contributed by atoms with Gasteiger partial charge >= 0.3 is 0 Å². The smallest absolute Gasteiger partial charge is 0.0956 e. The third-order valence-electron chi connectivity index (χ3n) is 4.94. The van der Waals surface area contributed by atoms with Gasteiger partial charge in [-0.1, -0.05) is 0 Å². The topological polar surface area (TPSA) is 41.3 Å². The van der Waals surface area contributed by atoms with E-state index >= 15 is 0 Å². The summed E-state index contributed by atoms with van der Waals surface area (Å²) in [6.07, 6.45) is 8.01. The summed E-state index contributed by atoms with van der Waals surface area (Å²) in [5.41, 5.74) is 0.286. The van der Waals surface area contributed by atoms with Crippen molar-refractivity contribution >= 4 is 0 Å². The fourth-order valence-electron chi connectivity index (χ4n) is 3.61. The van der Waals surface area contributed by atoms with Gasteiger partial charge in [-0.15, -0.1) is 0 Å². The summed E-state index contributed by atoms with van der Waals surface area (Å²) in [7, 11) is 2.19. The van der Waals surface area contributed by atoms with Crippen molar-refractivity contribution in [3.8, 4) is 0 Å². The molecule has 0 aliphatic carbocycles. The molecule has 1 aromatic heterocycles. The van der Waals surface area contributed by atoms with Crippen LogP contribution < -0.4 is 0 Å². The van der Waals surface area contributed by atoms with Gasteiger partial charge in [-0.25, -0.2) is 0 Å². The number of fused-ring (bicyclic) bond motifs is 2. The Labute approximate surface area is 115 Å². The van der Waals surface area contributed by atoms with Crippen LogP contribution in [0.25, 0.3) is 0 Å². The summed E-state index contributed by atoms with van der Waals surface area (Å²) in [5, 5.41) is 15.5. The maximum absolute atomic E-state index is 11.0. The molecule has 2 fully saturated rings. The van der Waals surface area contributed by atoms with Gasteiger partial charge in [-0.3, -0.25) is 4.68 Å². The summed E-state index contributed by atoms with van der Waals surface area (Å²) in [6, 6.07) is 1.06. The molecule has 3 rings (SSSR count). The van der Waals surface area contributed by atoms with Crippen molar-refractivity contribution in [3.05, 3.63) is 18.0 Å². The van der Waals surface area contributed by atoms with Crippen LogP contribution in [0.2, 0.25) is 0 Å². The zero-order chi connectivity index (χ0) is 13.8. The molecule has 3 heterocycles. The van der Waals surface area contributed by atoms with Crippen molar-refractivity contribution in [3.63, 3.8) is 0 Å². The molecule has 1 aromatic rings. The average molecular weight is 263 g/mol. The lowest BCUT2D eigenvalue weighted by atomic mass is 9.82. The van der Waals surface area contributed by atoms with E-state index in [9.17, 15) is 5.11 Å². The predicted molar refractivity (Wildman–Crippen MR) is 74.9 cm³/mol. The summed E-state index contributed by atoms with van der Waals surface area (Å²) in [5.74, 6) is 0. The number of aliphatic hydroxyl groups is 1. The van der Waals surface area contributed by atoms with Crippen molar-refractivity contribution in [2.45, 2.75) is 69.7 Å². The minimum absolute atomic E-state index is 0.0287. The van der Waals surface area contributed by atoms with Crippen LogP contribution in [0.1, 0.15) is 52.0 Å². The van der Waals surface area contributed by atoms with Crippen molar-refractivity contribution in [1.29, 1.82) is 0 Å². The lowest BCUT2D eigenvalue weighted by Crippen LogP contribution is -2.47. The summed E-state index contributed by atoms with van der Waals surface area (Å²) in [6.45, 7) is 6.39. The molecule has 4 heteroatoms. The second-order valence-corrected chi connectivity index (χ2v) is 7.33. The van der Waals surface area contributed by atoms with E-state index in [0.29, 0.717) is 12.1 Å². The minimum Gasteiger partial charge on any atom is -0.385 e. The zero-order valence-corrected chi connectivity index (χ0v) is 12.4. The number of aromatic nitrogens is 2. The first-order chi connectivity index (χ1) is 8.79. The Balaban J connectivity index is 1.88. The van der Waals surface area contributed by atoms with Gasteiger partial charge in [0.2, 0.25) is 0 Å². The number of hydrogen-bond donors (Lipinski definition) is 1. The van der Waals surface area contributed by atoms with Crippen LogP contribution in [0, 0.1) is 0 Å². The van der Waals surface area contributed by atoms with Gasteiger partial charge < -0.3 is 10.0 Å². The summed E-state index contributed by atoms with van der Waals surface area (Å²) < 4.78 is 1.96. The molecule has 2 unspecified atom stereocenters. The van der Waals surface area contributed by atoms with Crippen LogP contribution in [-0.4, -0.2) is 38.9 Å². The molecular weight excluding hydrogens is 238 g/mol. The van der Waals surface area contributed by atoms with Gasteiger partial charge in [0.25, 0.3) is 0 Å². The summed E-state index contributed by atoms with van der Waals surface area (Å²) >= 11 is 0. The van der Waals surface area contributed by atoms with Gasteiger partial charge in [-0.2, -0.15) is 5.10 Å². The van der Waals surface area contributed by atoms with E-state index in [1.807, 2.05) is 17.1 Å². The molecule has 4 nitrogen and oxygen atoms in total. The standard InChI is InChI=1S/C15H25N3O/c1-14(2,3)18-10-11(9-16-18)15(19)7-12-5-6-13(8-15)17(12)4/h9-10,12-13,19H,5-8H2,1-4H3. The van der Waals surface area contributed by atoms with Crippen LogP contribution in [0.4, 0.5) is 0 Å². The van der Waals surface area contributed by atoms with Gasteiger partial charge in [0.15, 0.2) is 0 Å². The van der Waals surface area contributed by atoms with E-state index in [0.717, 1.165) is 18.4 Å². The van der Waals surface area contributed by atoms with Crippen LogP contribution in [-0.2, 0) is 11.1 Å². The highest BCUT2D eigenvalue weighted by atomic mass is 16.3. The first-order valence-corrected chi connectivity index (χ1v) is 7.29. The largest absolute Gasteiger partial charge is 0.385 e. The van der Waals surface area contributed by atoms with Crippen LogP contribution in [0.5, 0.6) is 0 Å². The van der Waals surface area contributed by atoms with Gasteiger partial charge in [-0.05, 0) is 53.5 Å². The third kappa shape index (κ3) is 2.11. The van der Waals surface area contributed by atoms with Gasteiger partial charge in [0, 0.05) is 23.8 Å². The lowest BCUT2D eigenvalue weighted by Gasteiger charge is -2.41. The van der Waals surface area contributed by atoms with E-state index in [1.54, 1.807) is 0 Å². The number of piperidine rings is 1. The lowest BCUT2D eigenvalue weighted by molar-refractivity contribution is -0.0494. The molecule has 0 saturated carbocycles. The Bertz CT molecular complexity index is 460. The number of rotatable bonds is 1. The molecule has 0 radical (unpaired) electrons. The Morgan fingerprint density at radius 2 is 1.84 bits per heavy atom. The highest BCUT2D eigenvalue weighted by Crippen LogP contribution is 2.44. The first kappa shape index (κ1) is 13.1. The number of hydrogen-bond acceptors (Lipinski definition) is 3. The molecule has 2 aliphatic heterocycles. The average Bonchev–Trinajstić information content (AvgIpc) is 2.86. The Kier molecular flexibility index (Phi) is 2.81. The molecule has 2 bridgehead atoms. The van der Waals surface area contributed by atoms with Gasteiger partial charge in [0.1, 0.15) is 0 Å². The zero-order valence-electron chi connectivity index (χ0n) is 12.4. The Morgan fingerprint density at radius 3 is 2.32 bits per heavy atom. The SMILES string of the molecule is CN1C2CCC1CC(O)(c1cnn(C(C)(C)C)c1)C2. The normalized spacial score (nSPS) is 35.8. The molecule has 2 atom stereocenters. The van der Waals surface area contributed by atoms with Crippen molar-refractivity contribution in [1.82, 2.24) is 14.7 Å². The fraction of sp³-hybridized carbons (Fsp3) is 0.800. The van der Waals surface area contributed by atoms with E-state index in [1.165, 1.54) is 12.8 Å². The molecule has 0 spiro atoms. The van der Waals surface area contributed by atoms with Crippen LogP contribution in [0.15, 0.2) is 12.4 Å². The molecule has 0 aromatic carbocycles. The Morgan fingerprint density at radius 1 is 1.26 bits per heavy atom. The van der Waals surface area contributed by atoms with Crippen LogP contribution >= 0.6 is 0 Å². The maximum atomic E-state index is 11.0. The minimum atomic E-state index is -0.679. The molecule has 19 heavy (non-hydrogen) atoms. The Hall–Kier alpha value is -0.870. The van der Waals surface area contributed by atoms with Crippen LogP contribution in [0.3, 0.4) is 0 Å².